The predicted octanol–water partition coefficient (Wildman–Crippen LogP) is 6.21. The molecule has 1 aromatic heterocycles. The van der Waals surface area contributed by atoms with Crippen LogP contribution in [0.4, 0.5) is 0 Å². The van der Waals surface area contributed by atoms with Gasteiger partial charge in [0.2, 0.25) is 0 Å². The maximum atomic E-state index is 13.6. The number of rotatable bonds is 4. The molecule has 0 spiro atoms. The Bertz CT molecular complexity index is 1300. The summed E-state index contributed by atoms with van der Waals surface area (Å²) < 4.78 is 5.93. The van der Waals surface area contributed by atoms with Crippen LogP contribution in [0.1, 0.15) is 40.4 Å². The van der Waals surface area contributed by atoms with Gasteiger partial charge in [-0.15, -0.1) is 0 Å². The highest BCUT2D eigenvalue weighted by molar-refractivity contribution is 6.30. The largest absolute Gasteiger partial charge is 0.376 e. The standard InChI is InChI=1S/C27H23ClN2O2/c28-18-13-11-17(12-14-18)25-24(22-9-3-4-10-23(22)29-25)26-20-7-1-2-8-21(20)27(31)30(26)16-19-6-5-15-32-19/h1-4,7-14,19,26,29H,5-6,15-16H2/t19-,26-/m0/s1. The summed E-state index contributed by atoms with van der Waals surface area (Å²) in [6, 6.07) is 24.0. The number of fused-ring (bicyclic) bond motifs is 2. The molecule has 0 saturated carbocycles. The Kier molecular flexibility index (Phi) is 4.78. The molecule has 1 N–H and O–H groups in total. The molecule has 2 atom stereocenters. The molecule has 0 radical (unpaired) electrons. The van der Waals surface area contributed by atoms with E-state index in [2.05, 4.69) is 29.2 Å². The fourth-order valence-corrected chi connectivity index (χ4v) is 5.30. The van der Waals surface area contributed by atoms with Crippen molar-refractivity contribution in [3.05, 3.63) is 94.5 Å². The number of nitrogens with zero attached hydrogens (tertiary/aromatic N) is 1. The molecule has 4 aromatic rings. The maximum Gasteiger partial charge on any atom is 0.255 e. The molecule has 1 fully saturated rings. The quantitative estimate of drug-likeness (QED) is 0.408. The molecule has 160 valence electrons. The van der Waals surface area contributed by atoms with Crippen molar-refractivity contribution >= 4 is 28.4 Å². The van der Waals surface area contributed by atoms with E-state index >= 15 is 0 Å². The summed E-state index contributed by atoms with van der Waals surface area (Å²) in [5, 5.41) is 1.83. The average molecular weight is 443 g/mol. The Morgan fingerprint density at radius 2 is 1.78 bits per heavy atom. The van der Waals surface area contributed by atoms with Gasteiger partial charge in [-0.3, -0.25) is 4.79 Å². The van der Waals surface area contributed by atoms with Crippen LogP contribution in [0.3, 0.4) is 0 Å². The number of nitrogens with one attached hydrogen (secondary N) is 1. The van der Waals surface area contributed by atoms with Gasteiger partial charge < -0.3 is 14.6 Å². The van der Waals surface area contributed by atoms with Crippen LogP contribution >= 0.6 is 11.6 Å². The van der Waals surface area contributed by atoms with Crippen LogP contribution < -0.4 is 0 Å². The number of carbonyl (C=O) groups is 1. The molecule has 3 heterocycles. The molecule has 2 aliphatic heterocycles. The first-order chi connectivity index (χ1) is 15.7. The minimum absolute atomic E-state index is 0.0773. The molecule has 4 nitrogen and oxygen atoms in total. The van der Waals surface area contributed by atoms with Crippen LogP contribution in [0, 0.1) is 0 Å². The molecule has 32 heavy (non-hydrogen) atoms. The maximum absolute atomic E-state index is 13.6. The van der Waals surface area contributed by atoms with Crippen LogP contribution in [-0.2, 0) is 4.74 Å². The number of para-hydroxylation sites is 1. The van der Waals surface area contributed by atoms with Gasteiger partial charge in [-0.05, 0) is 48.2 Å². The number of hydrogen-bond donors (Lipinski definition) is 1. The van der Waals surface area contributed by atoms with E-state index in [-0.39, 0.29) is 18.1 Å². The fourth-order valence-electron chi connectivity index (χ4n) is 5.17. The van der Waals surface area contributed by atoms with Crippen molar-refractivity contribution in [3.63, 3.8) is 0 Å². The molecule has 0 aliphatic carbocycles. The van der Waals surface area contributed by atoms with Crippen LogP contribution in [0.15, 0.2) is 72.8 Å². The number of carbonyl (C=O) groups excluding carboxylic acids is 1. The third kappa shape index (κ3) is 3.14. The Morgan fingerprint density at radius 1 is 1.00 bits per heavy atom. The highest BCUT2D eigenvalue weighted by Gasteiger charge is 2.41. The smallest absolute Gasteiger partial charge is 0.255 e. The van der Waals surface area contributed by atoms with Crippen molar-refractivity contribution < 1.29 is 9.53 Å². The van der Waals surface area contributed by atoms with Gasteiger partial charge in [0, 0.05) is 40.2 Å². The van der Waals surface area contributed by atoms with E-state index in [1.165, 1.54) is 0 Å². The number of H-pyrrole nitrogens is 1. The summed E-state index contributed by atoms with van der Waals surface area (Å²) in [4.78, 5) is 19.2. The highest BCUT2D eigenvalue weighted by Crippen LogP contribution is 2.45. The van der Waals surface area contributed by atoms with Crippen LogP contribution in [0.2, 0.25) is 5.02 Å². The topological polar surface area (TPSA) is 45.3 Å². The first-order valence-corrected chi connectivity index (χ1v) is 11.5. The van der Waals surface area contributed by atoms with Crippen molar-refractivity contribution in [2.45, 2.75) is 25.0 Å². The minimum atomic E-state index is -0.176. The molecule has 2 aliphatic rings. The van der Waals surface area contributed by atoms with Crippen molar-refractivity contribution in [2.75, 3.05) is 13.2 Å². The summed E-state index contributed by atoms with van der Waals surface area (Å²) in [5.41, 5.74) is 6.09. The zero-order valence-electron chi connectivity index (χ0n) is 17.6. The highest BCUT2D eigenvalue weighted by atomic mass is 35.5. The third-order valence-corrected chi connectivity index (χ3v) is 6.89. The lowest BCUT2D eigenvalue weighted by molar-refractivity contribution is 0.0501. The number of benzene rings is 3. The SMILES string of the molecule is O=C1c2ccccc2[C@@H](c2c(-c3ccc(Cl)cc3)[nH]c3ccccc23)N1C[C@@H]1CCCO1. The zero-order valence-corrected chi connectivity index (χ0v) is 18.3. The Hall–Kier alpha value is -3.08. The first-order valence-electron chi connectivity index (χ1n) is 11.1. The van der Waals surface area contributed by atoms with Crippen LogP contribution in [0.25, 0.3) is 22.2 Å². The normalized spacial score (nSPS) is 20.3. The van der Waals surface area contributed by atoms with E-state index < -0.39 is 0 Å². The molecule has 0 bridgehead atoms. The lowest BCUT2D eigenvalue weighted by Crippen LogP contribution is -2.35. The Labute approximate surface area is 191 Å². The van der Waals surface area contributed by atoms with Crippen molar-refractivity contribution in [2.24, 2.45) is 0 Å². The van der Waals surface area contributed by atoms with E-state index in [9.17, 15) is 4.79 Å². The summed E-state index contributed by atoms with van der Waals surface area (Å²) in [6.45, 7) is 1.37. The second-order valence-electron chi connectivity index (χ2n) is 8.55. The summed E-state index contributed by atoms with van der Waals surface area (Å²) in [5.74, 6) is 0.0773. The van der Waals surface area contributed by atoms with Gasteiger partial charge in [-0.25, -0.2) is 0 Å². The van der Waals surface area contributed by atoms with Gasteiger partial charge in [-0.2, -0.15) is 0 Å². The van der Waals surface area contributed by atoms with Crippen LogP contribution in [-0.4, -0.2) is 35.0 Å². The van der Waals surface area contributed by atoms with Crippen molar-refractivity contribution in [1.82, 2.24) is 9.88 Å². The fraction of sp³-hybridized carbons (Fsp3) is 0.222. The monoisotopic (exact) mass is 442 g/mol. The van der Waals surface area contributed by atoms with E-state index in [1.807, 2.05) is 53.4 Å². The number of aromatic nitrogens is 1. The van der Waals surface area contributed by atoms with Gasteiger partial charge in [0.1, 0.15) is 0 Å². The second kappa shape index (κ2) is 7.80. The molecule has 3 aromatic carbocycles. The molecule has 0 unspecified atom stereocenters. The Morgan fingerprint density at radius 3 is 2.59 bits per heavy atom. The van der Waals surface area contributed by atoms with E-state index in [0.717, 1.165) is 58.3 Å². The molecular formula is C27H23ClN2O2. The van der Waals surface area contributed by atoms with E-state index in [0.29, 0.717) is 11.6 Å². The van der Waals surface area contributed by atoms with Gasteiger partial charge in [0.05, 0.1) is 17.8 Å². The first kappa shape index (κ1) is 19.6. The summed E-state index contributed by atoms with van der Waals surface area (Å²) in [7, 11) is 0. The van der Waals surface area contributed by atoms with Gasteiger partial charge in [0.25, 0.3) is 5.91 Å². The van der Waals surface area contributed by atoms with E-state index in [1.54, 1.807) is 0 Å². The molecule has 1 amide bonds. The van der Waals surface area contributed by atoms with Gasteiger partial charge in [0.15, 0.2) is 0 Å². The number of hydrogen-bond acceptors (Lipinski definition) is 2. The lowest BCUT2D eigenvalue weighted by atomic mass is 9.93. The average Bonchev–Trinajstić information content (AvgIpc) is 3.53. The number of ether oxygens (including phenoxy) is 1. The van der Waals surface area contributed by atoms with Crippen molar-refractivity contribution in [3.8, 4) is 11.3 Å². The lowest BCUT2D eigenvalue weighted by Gasteiger charge is -2.28. The van der Waals surface area contributed by atoms with Gasteiger partial charge in [-0.1, -0.05) is 60.1 Å². The third-order valence-electron chi connectivity index (χ3n) is 6.64. The predicted molar refractivity (Wildman–Crippen MR) is 127 cm³/mol. The van der Waals surface area contributed by atoms with E-state index in [4.69, 9.17) is 16.3 Å². The summed E-state index contributed by atoms with van der Waals surface area (Å²) >= 11 is 6.17. The minimum Gasteiger partial charge on any atom is -0.376 e. The number of amides is 1. The molecule has 5 heteroatoms. The second-order valence-corrected chi connectivity index (χ2v) is 8.98. The molecule has 6 rings (SSSR count). The van der Waals surface area contributed by atoms with Crippen molar-refractivity contribution in [1.29, 1.82) is 0 Å². The number of aromatic amines is 1. The van der Waals surface area contributed by atoms with Gasteiger partial charge >= 0.3 is 0 Å². The zero-order chi connectivity index (χ0) is 21.7. The van der Waals surface area contributed by atoms with Crippen LogP contribution in [0.5, 0.6) is 0 Å². The molecular weight excluding hydrogens is 420 g/mol. The Balaban J connectivity index is 1.57. The summed E-state index contributed by atoms with van der Waals surface area (Å²) in [6.07, 6.45) is 2.12. The number of halogens is 1. The molecule has 1 saturated heterocycles.